The number of carbonyl (C=O) groups excluding carboxylic acids is 1. The fourth-order valence-corrected chi connectivity index (χ4v) is 3.79. The molecule has 0 unspecified atom stereocenters. The Balaban J connectivity index is 2.06. The van der Waals surface area contributed by atoms with E-state index >= 15 is 0 Å². The second kappa shape index (κ2) is 5.88. The Labute approximate surface area is 119 Å². The van der Waals surface area contributed by atoms with Crippen molar-refractivity contribution in [3.8, 4) is 0 Å². The van der Waals surface area contributed by atoms with Crippen LogP contribution in [0.25, 0.3) is 0 Å². The van der Waals surface area contributed by atoms with Crippen molar-refractivity contribution < 1.29 is 13.2 Å². The number of hydrogen-bond donors (Lipinski definition) is 0. The summed E-state index contributed by atoms with van der Waals surface area (Å²) >= 11 is 0. The van der Waals surface area contributed by atoms with Crippen molar-refractivity contribution in [2.45, 2.75) is 17.7 Å². The molecule has 0 saturated carbocycles. The third-order valence-electron chi connectivity index (χ3n) is 3.52. The summed E-state index contributed by atoms with van der Waals surface area (Å²) in [5.74, 6) is -0.00576. The first-order valence-electron chi connectivity index (χ1n) is 6.54. The molecule has 20 heavy (non-hydrogen) atoms. The minimum Gasteiger partial charge on any atom is -0.349 e. The molecule has 0 aromatic carbocycles. The van der Waals surface area contributed by atoms with Gasteiger partial charge in [-0.05, 0) is 25.0 Å². The summed E-state index contributed by atoms with van der Waals surface area (Å²) in [6, 6.07) is 3.15. The van der Waals surface area contributed by atoms with Gasteiger partial charge in [0.25, 0.3) is 0 Å². The molecule has 110 valence electrons. The van der Waals surface area contributed by atoms with E-state index in [1.54, 1.807) is 37.3 Å². The largest absolute Gasteiger partial charge is 0.349 e. The fourth-order valence-electron chi connectivity index (χ4n) is 2.36. The van der Waals surface area contributed by atoms with Gasteiger partial charge in [0.15, 0.2) is 0 Å². The molecule has 0 radical (unpaired) electrons. The number of pyridine rings is 1. The minimum absolute atomic E-state index is 0.0726. The maximum atomic E-state index is 12.4. The molecular weight excluding hydrogens is 278 g/mol. The highest BCUT2D eigenvalue weighted by Crippen LogP contribution is 2.24. The van der Waals surface area contributed by atoms with Crippen LogP contribution in [-0.4, -0.2) is 55.7 Å². The molecule has 1 saturated heterocycles. The van der Waals surface area contributed by atoms with Gasteiger partial charge >= 0.3 is 0 Å². The van der Waals surface area contributed by atoms with E-state index in [2.05, 4.69) is 4.98 Å². The summed E-state index contributed by atoms with van der Waals surface area (Å²) in [5, 5.41) is 0. The predicted octanol–water partition coefficient (Wildman–Crippen LogP) is 0.570. The number of aromatic nitrogens is 1. The molecule has 1 aromatic rings. The van der Waals surface area contributed by atoms with Crippen LogP contribution in [0.1, 0.15) is 12.8 Å². The maximum Gasteiger partial charge on any atom is 0.244 e. The van der Waals surface area contributed by atoms with Gasteiger partial charge in [-0.1, -0.05) is 0 Å². The molecular formula is C13H19N3O3S. The highest BCUT2D eigenvalue weighted by Gasteiger charge is 2.32. The number of carbonyl (C=O) groups is 1. The van der Waals surface area contributed by atoms with Crippen LogP contribution in [0, 0.1) is 5.92 Å². The van der Waals surface area contributed by atoms with Crippen LogP contribution in [0.4, 0.5) is 0 Å². The summed E-state index contributed by atoms with van der Waals surface area (Å²) < 4.78 is 26.2. The first-order valence-corrected chi connectivity index (χ1v) is 7.98. The van der Waals surface area contributed by atoms with Crippen LogP contribution >= 0.6 is 0 Å². The first kappa shape index (κ1) is 14.9. The SMILES string of the molecule is CN(C)C(=O)C1CCN(S(=O)(=O)c2cccnc2)CC1. The van der Waals surface area contributed by atoms with E-state index in [1.807, 2.05) is 0 Å². The number of piperidine rings is 1. The van der Waals surface area contributed by atoms with E-state index in [-0.39, 0.29) is 16.7 Å². The second-order valence-corrected chi connectivity index (χ2v) is 7.04. The Morgan fingerprint density at radius 1 is 1.35 bits per heavy atom. The van der Waals surface area contributed by atoms with Gasteiger partial charge in [-0.25, -0.2) is 8.42 Å². The third-order valence-corrected chi connectivity index (χ3v) is 5.40. The van der Waals surface area contributed by atoms with E-state index in [0.29, 0.717) is 25.9 Å². The summed E-state index contributed by atoms with van der Waals surface area (Å²) in [7, 11) is -0.0389. The average molecular weight is 297 g/mol. The molecule has 0 atom stereocenters. The lowest BCUT2D eigenvalue weighted by Crippen LogP contribution is -2.42. The number of rotatable bonds is 3. The number of amides is 1. The van der Waals surface area contributed by atoms with Crippen LogP contribution in [-0.2, 0) is 14.8 Å². The quantitative estimate of drug-likeness (QED) is 0.818. The smallest absolute Gasteiger partial charge is 0.244 e. The van der Waals surface area contributed by atoms with Crippen molar-refractivity contribution in [3.63, 3.8) is 0 Å². The van der Waals surface area contributed by atoms with E-state index < -0.39 is 10.0 Å². The molecule has 0 spiro atoms. The van der Waals surface area contributed by atoms with Crippen molar-refractivity contribution in [2.75, 3.05) is 27.2 Å². The van der Waals surface area contributed by atoms with E-state index in [9.17, 15) is 13.2 Å². The highest BCUT2D eigenvalue weighted by molar-refractivity contribution is 7.89. The molecule has 2 rings (SSSR count). The van der Waals surface area contributed by atoms with Gasteiger partial charge in [0, 0.05) is 45.5 Å². The zero-order valence-corrected chi connectivity index (χ0v) is 12.5. The molecule has 0 N–H and O–H groups in total. The third kappa shape index (κ3) is 2.99. The molecule has 7 heteroatoms. The monoisotopic (exact) mass is 297 g/mol. The first-order chi connectivity index (χ1) is 9.43. The van der Waals surface area contributed by atoms with Crippen LogP contribution in [0.2, 0.25) is 0 Å². The standard InChI is InChI=1S/C13H19N3O3S/c1-15(2)13(17)11-5-8-16(9-6-11)20(18,19)12-4-3-7-14-10-12/h3-4,7,10-11H,5-6,8-9H2,1-2H3. The van der Waals surface area contributed by atoms with Crippen LogP contribution in [0.5, 0.6) is 0 Å². The van der Waals surface area contributed by atoms with Gasteiger partial charge in [-0.2, -0.15) is 4.31 Å². The van der Waals surface area contributed by atoms with E-state index in [1.165, 1.54) is 10.5 Å². The summed E-state index contributed by atoms with van der Waals surface area (Å²) in [4.78, 5) is 17.5. The van der Waals surface area contributed by atoms with Crippen LogP contribution in [0.3, 0.4) is 0 Å². The predicted molar refractivity (Wildman–Crippen MR) is 74.4 cm³/mol. The Hall–Kier alpha value is -1.47. The zero-order chi connectivity index (χ0) is 14.8. The van der Waals surface area contributed by atoms with E-state index in [0.717, 1.165) is 0 Å². The second-order valence-electron chi connectivity index (χ2n) is 5.10. The van der Waals surface area contributed by atoms with Gasteiger partial charge < -0.3 is 4.90 Å². The van der Waals surface area contributed by atoms with Gasteiger partial charge in [-0.3, -0.25) is 9.78 Å². The molecule has 1 amide bonds. The summed E-state index contributed by atoms with van der Waals surface area (Å²) in [5.41, 5.74) is 0. The summed E-state index contributed by atoms with van der Waals surface area (Å²) in [6.45, 7) is 0.753. The zero-order valence-electron chi connectivity index (χ0n) is 11.7. The number of hydrogen-bond acceptors (Lipinski definition) is 4. The van der Waals surface area contributed by atoms with Gasteiger partial charge in [0.1, 0.15) is 4.90 Å². The average Bonchev–Trinajstić information content (AvgIpc) is 2.47. The molecule has 2 heterocycles. The molecule has 6 nitrogen and oxygen atoms in total. The molecule has 0 bridgehead atoms. The van der Waals surface area contributed by atoms with E-state index in [4.69, 9.17) is 0 Å². The van der Waals surface area contributed by atoms with Gasteiger partial charge in [-0.15, -0.1) is 0 Å². The Kier molecular flexibility index (Phi) is 4.39. The Morgan fingerprint density at radius 3 is 2.50 bits per heavy atom. The lowest BCUT2D eigenvalue weighted by atomic mass is 9.97. The van der Waals surface area contributed by atoms with Gasteiger partial charge in [0.05, 0.1) is 0 Å². The Bertz CT molecular complexity index is 564. The normalized spacial score (nSPS) is 17.9. The fraction of sp³-hybridized carbons (Fsp3) is 0.538. The lowest BCUT2D eigenvalue weighted by molar-refractivity contribution is -0.134. The van der Waals surface area contributed by atoms with Crippen molar-refractivity contribution in [2.24, 2.45) is 5.92 Å². The van der Waals surface area contributed by atoms with Crippen molar-refractivity contribution in [1.29, 1.82) is 0 Å². The Morgan fingerprint density at radius 2 is 2.00 bits per heavy atom. The minimum atomic E-state index is -3.49. The number of nitrogens with zero attached hydrogens (tertiary/aromatic N) is 3. The highest BCUT2D eigenvalue weighted by atomic mass is 32.2. The molecule has 1 aliphatic heterocycles. The number of sulfonamides is 1. The van der Waals surface area contributed by atoms with Crippen molar-refractivity contribution in [3.05, 3.63) is 24.5 Å². The topological polar surface area (TPSA) is 70.6 Å². The van der Waals surface area contributed by atoms with Crippen molar-refractivity contribution >= 4 is 15.9 Å². The maximum absolute atomic E-state index is 12.4. The molecule has 0 aliphatic carbocycles. The molecule has 1 fully saturated rings. The van der Waals surface area contributed by atoms with Crippen LogP contribution in [0.15, 0.2) is 29.4 Å². The molecule has 1 aromatic heterocycles. The summed E-state index contributed by atoms with van der Waals surface area (Å²) in [6.07, 6.45) is 4.03. The van der Waals surface area contributed by atoms with Crippen LogP contribution < -0.4 is 0 Å². The molecule has 1 aliphatic rings. The lowest BCUT2D eigenvalue weighted by Gasteiger charge is -2.31. The van der Waals surface area contributed by atoms with Gasteiger partial charge in [0.2, 0.25) is 15.9 Å². The van der Waals surface area contributed by atoms with Crippen molar-refractivity contribution in [1.82, 2.24) is 14.2 Å².